The minimum absolute atomic E-state index is 0.0697. The molecule has 1 heterocycles. The highest BCUT2D eigenvalue weighted by atomic mass is 16.2. The van der Waals surface area contributed by atoms with Gasteiger partial charge in [-0.3, -0.25) is 14.5 Å². The van der Waals surface area contributed by atoms with Crippen LogP contribution in [0.25, 0.3) is 10.8 Å². The average Bonchev–Trinajstić information content (AvgIpc) is 2.74. The van der Waals surface area contributed by atoms with Gasteiger partial charge in [0.1, 0.15) is 0 Å². The second kappa shape index (κ2) is 7.00. The monoisotopic (exact) mass is 381 g/mol. The van der Waals surface area contributed by atoms with Crippen LogP contribution in [0.3, 0.4) is 0 Å². The summed E-state index contributed by atoms with van der Waals surface area (Å²) >= 11 is 0. The van der Waals surface area contributed by atoms with Crippen molar-refractivity contribution in [3.05, 3.63) is 89.1 Å². The SMILES string of the molecule is Cc1ccc(N2C(=O)CC(c3cccc4ccccc34)C3=C2CCCC3=O)cc1. The Morgan fingerprint density at radius 3 is 2.45 bits per heavy atom. The summed E-state index contributed by atoms with van der Waals surface area (Å²) in [6.45, 7) is 2.03. The van der Waals surface area contributed by atoms with Crippen LogP contribution >= 0.6 is 0 Å². The molecule has 0 saturated carbocycles. The summed E-state index contributed by atoms with van der Waals surface area (Å²) < 4.78 is 0. The normalized spacial score (nSPS) is 19.6. The third-order valence-electron chi connectivity index (χ3n) is 6.17. The maximum atomic E-state index is 13.3. The number of carbonyl (C=O) groups is 2. The van der Waals surface area contributed by atoms with Crippen molar-refractivity contribution in [1.29, 1.82) is 0 Å². The van der Waals surface area contributed by atoms with Crippen LogP contribution in [-0.2, 0) is 9.59 Å². The summed E-state index contributed by atoms with van der Waals surface area (Å²) in [5, 5.41) is 2.27. The molecule has 2 aliphatic rings. The molecule has 0 fully saturated rings. The Kier molecular flexibility index (Phi) is 4.31. The van der Waals surface area contributed by atoms with Gasteiger partial charge in [-0.2, -0.15) is 0 Å². The van der Waals surface area contributed by atoms with Gasteiger partial charge in [0.2, 0.25) is 5.91 Å². The lowest BCUT2D eigenvalue weighted by molar-refractivity contribution is -0.119. The number of Topliss-reactive ketones (excluding diaryl/α,β-unsaturated/α-hetero) is 1. The molecule has 3 aromatic carbocycles. The number of fused-ring (bicyclic) bond motifs is 1. The third-order valence-corrected chi connectivity index (χ3v) is 6.17. The topological polar surface area (TPSA) is 37.4 Å². The third kappa shape index (κ3) is 2.98. The molecule has 3 aromatic rings. The van der Waals surface area contributed by atoms with Crippen LogP contribution in [-0.4, -0.2) is 11.7 Å². The van der Waals surface area contributed by atoms with E-state index in [1.807, 2.05) is 49.4 Å². The number of anilines is 1. The predicted molar refractivity (Wildman–Crippen MR) is 116 cm³/mol. The largest absolute Gasteiger partial charge is 0.294 e. The van der Waals surface area contributed by atoms with E-state index < -0.39 is 0 Å². The Hall–Kier alpha value is -3.20. The van der Waals surface area contributed by atoms with Crippen molar-refractivity contribution in [2.24, 2.45) is 0 Å². The summed E-state index contributed by atoms with van der Waals surface area (Å²) in [6, 6.07) is 22.4. The molecule has 1 atom stereocenters. The molecule has 5 rings (SSSR count). The number of hydrogen-bond acceptors (Lipinski definition) is 2. The molecule has 3 nitrogen and oxygen atoms in total. The second-order valence-electron chi connectivity index (χ2n) is 8.03. The fourth-order valence-electron chi connectivity index (χ4n) is 4.81. The predicted octanol–water partition coefficient (Wildman–Crippen LogP) is 5.68. The Morgan fingerprint density at radius 2 is 1.62 bits per heavy atom. The van der Waals surface area contributed by atoms with Crippen LogP contribution in [0.15, 0.2) is 78.0 Å². The Morgan fingerprint density at radius 1 is 0.862 bits per heavy atom. The van der Waals surface area contributed by atoms with Crippen LogP contribution in [0, 0.1) is 6.92 Å². The van der Waals surface area contributed by atoms with Gasteiger partial charge in [-0.25, -0.2) is 0 Å². The van der Waals surface area contributed by atoms with E-state index in [-0.39, 0.29) is 17.6 Å². The van der Waals surface area contributed by atoms with Crippen LogP contribution in [0.2, 0.25) is 0 Å². The van der Waals surface area contributed by atoms with Crippen molar-refractivity contribution in [2.75, 3.05) is 4.90 Å². The zero-order valence-corrected chi connectivity index (χ0v) is 16.5. The Labute approximate surface area is 170 Å². The van der Waals surface area contributed by atoms with Gasteiger partial charge in [0.05, 0.1) is 0 Å². The first-order valence-corrected chi connectivity index (χ1v) is 10.3. The van der Waals surface area contributed by atoms with Crippen molar-refractivity contribution >= 4 is 28.2 Å². The molecule has 29 heavy (non-hydrogen) atoms. The van der Waals surface area contributed by atoms with E-state index in [0.29, 0.717) is 12.8 Å². The molecule has 0 spiro atoms. The van der Waals surface area contributed by atoms with E-state index in [1.165, 1.54) is 0 Å². The molecule has 1 unspecified atom stereocenters. The smallest absolute Gasteiger partial charge is 0.232 e. The van der Waals surface area contributed by atoms with Crippen molar-refractivity contribution in [3.63, 3.8) is 0 Å². The summed E-state index contributed by atoms with van der Waals surface area (Å²) in [4.78, 5) is 28.2. The Balaban J connectivity index is 1.70. The summed E-state index contributed by atoms with van der Waals surface area (Å²) in [5.74, 6) is 0.0899. The van der Waals surface area contributed by atoms with Crippen molar-refractivity contribution in [2.45, 2.75) is 38.5 Å². The number of amides is 1. The van der Waals surface area contributed by atoms with E-state index >= 15 is 0 Å². The van der Waals surface area contributed by atoms with Gasteiger partial charge >= 0.3 is 0 Å². The van der Waals surface area contributed by atoms with Gasteiger partial charge in [0, 0.05) is 35.7 Å². The highest BCUT2D eigenvalue weighted by Gasteiger charge is 2.40. The summed E-state index contributed by atoms with van der Waals surface area (Å²) in [7, 11) is 0. The van der Waals surface area contributed by atoms with Crippen molar-refractivity contribution in [3.8, 4) is 0 Å². The molecule has 0 bridgehead atoms. The van der Waals surface area contributed by atoms with Crippen LogP contribution < -0.4 is 4.90 Å². The number of benzene rings is 3. The first-order chi connectivity index (χ1) is 14.1. The van der Waals surface area contributed by atoms with E-state index in [4.69, 9.17) is 0 Å². The van der Waals surface area contributed by atoms with E-state index in [9.17, 15) is 9.59 Å². The van der Waals surface area contributed by atoms with Crippen LogP contribution in [0.4, 0.5) is 5.69 Å². The molecular formula is C26H23NO2. The number of hydrogen-bond donors (Lipinski definition) is 0. The average molecular weight is 381 g/mol. The number of aryl methyl sites for hydroxylation is 1. The summed E-state index contributed by atoms with van der Waals surface area (Å²) in [5.41, 5.74) is 4.84. The maximum Gasteiger partial charge on any atom is 0.232 e. The standard InChI is InChI=1S/C26H23NO2/c1-17-12-14-19(15-13-17)27-23-10-5-11-24(28)26(23)22(16-25(27)29)21-9-4-7-18-6-2-3-8-20(18)21/h2-4,6-9,12-15,22H,5,10-11,16H2,1H3. The lowest BCUT2D eigenvalue weighted by atomic mass is 9.76. The van der Waals surface area contributed by atoms with Gasteiger partial charge in [0.15, 0.2) is 5.78 Å². The summed E-state index contributed by atoms with van der Waals surface area (Å²) in [6.07, 6.45) is 2.46. The molecular weight excluding hydrogens is 358 g/mol. The molecule has 3 heteroatoms. The molecule has 144 valence electrons. The van der Waals surface area contributed by atoms with Gasteiger partial charge in [0.25, 0.3) is 0 Å². The van der Waals surface area contributed by atoms with Crippen molar-refractivity contribution < 1.29 is 9.59 Å². The number of ketones is 1. The minimum atomic E-state index is -0.168. The highest BCUT2D eigenvalue weighted by molar-refractivity contribution is 6.08. The number of nitrogens with zero attached hydrogens (tertiary/aromatic N) is 1. The quantitative estimate of drug-likeness (QED) is 0.573. The van der Waals surface area contributed by atoms with Crippen molar-refractivity contribution in [1.82, 2.24) is 0 Å². The first-order valence-electron chi connectivity index (χ1n) is 10.3. The highest BCUT2D eigenvalue weighted by Crippen LogP contribution is 2.44. The molecule has 0 N–H and O–H groups in total. The minimum Gasteiger partial charge on any atom is -0.294 e. The van der Waals surface area contributed by atoms with E-state index in [0.717, 1.165) is 51.7 Å². The van der Waals surface area contributed by atoms with Crippen LogP contribution in [0.1, 0.15) is 42.7 Å². The number of carbonyl (C=O) groups excluding carboxylic acids is 2. The lowest BCUT2D eigenvalue weighted by Crippen LogP contribution is -2.40. The molecule has 0 aromatic heterocycles. The fraction of sp³-hybridized carbons (Fsp3) is 0.231. The van der Waals surface area contributed by atoms with Gasteiger partial charge in [-0.15, -0.1) is 0 Å². The zero-order chi connectivity index (χ0) is 20.0. The molecule has 0 saturated heterocycles. The lowest BCUT2D eigenvalue weighted by Gasteiger charge is -2.38. The molecule has 1 amide bonds. The van der Waals surface area contributed by atoms with Crippen LogP contribution in [0.5, 0.6) is 0 Å². The van der Waals surface area contributed by atoms with Gasteiger partial charge < -0.3 is 0 Å². The zero-order valence-electron chi connectivity index (χ0n) is 16.5. The fourth-order valence-corrected chi connectivity index (χ4v) is 4.81. The van der Waals surface area contributed by atoms with Gasteiger partial charge in [-0.1, -0.05) is 60.2 Å². The molecule has 0 radical (unpaired) electrons. The second-order valence-corrected chi connectivity index (χ2v) is 8.03. The number of allylic oxidation sites excluding steroid dienone is 2. The number of rotatable bonds is 2. The first kappa shape index (κ1) is 17.9. The molecule has 1 aliphatic carbocycles. The molecule has 1 aliphatic heterocycles. The maximum absolute atomic E-state index is 13.3. The Bertz CT molecular complexity index is 1150. The van der Waals surface area contributed by atoms with E-state index in [2.05, 4.69) is 24.3 Å². The van der Waals surface area contributed by atoms with Gasteiger partial charge in [-0.05, 0) is 48.2 Å². The van der Waals surface area contributed by atoms with E-state index in [1.54, 1.807) is 4.90 Å².